The van der Waals surface area contributed by atoms with Gasteiger partial charge in [-0.3, -0.25) is 14.3 Å². The summed E-state index contributed by atoms with van der Waals surface area (Å²) in [4.78, 5) is 26.2. The molecule has 1 aromatic heterocycles. The molecule has 8 nitrogen and oxygen atoms in total. The largest absolute Gasteiger partial charge is 0.337 e. The number of hydrogen-bond acceptors (Lipinski definition) is 5. The Balaban J connectivity index is 1.62. The molecule has 2 aliphatic rings. The van der Waals surface area contributed by atoms with Crippen LogP contribution < -0.4 is 0 Å². The van der Waals surface area contributed by atoms with Crippen molar-refractivity contribution in [2.45, 2.75) is 58.4 Å². The second-order valence-electron chi connectivity index (χ2n) is 8.30. The molecule has 0 aliphatic carbocycles. The van der Waals surface area contributed by atoms with Crippen LogP contribution >= 0.6 is 0 Å². The highest BCUT2D eigenvalue weighted by Gasteiger charge is 2.30. The Hall–Kier alpha value is -2.25. The summed E-state index contributed by atoms with van der Waals surface area (Å²) in [5.41, 5.74) is 1.45. The third kappa shape index (κ3) is 4.11. The van der Waals surface area contributed by atoms with Crippen molar-refractivity contribution in [3.05, 3.63) is 11.9 Å². The number of aromatic nitrogens is 3. The summed E-state index contributed by atoms with van der Waals surface area (Å²) in [5, 5.41) is 14.0. The number of carbonyl (C=O) groups excluding carboxylic acids is 2. The highest BCUT2D eigenvalue weighted by Crippen LogP contribution is 2.22. The van der Waals surface area contributed by atoms with Gasteiger partial charge in [-0.25, -0.2) is 5.01 Å². The monoisotopic (exact) mass is 360 g/mol. The van der Waals surface area contributed by atoms with Crippen LogP contribution in [0.15, 0.2) is 11.3 Å². The predicted octanol–water partition coefficient (Wildman–Crippen LogP) is 1.42. The number of carbonyl (C=O) groups is 2. The lowest BCUT2D eigenvalue weighted by Crippen LogP contribution is -2.46. The lowest BCUT2D eigenvalue weighted by molar-refractivity contribution is -0.131. The standard InChI is InChI=1S/C18H28N6O2/c1-18(2,3)15-12-24(21-19-15)11-13-6-5-9-23(10-13)17(26)14-7-8-16(25)22(4)20-14/h12-13H,5-11H2,1-4H3/t13-/m0/s1. The summed E-state index contributed by atoms with van der Waals surface area (Å²) in [6, 6.07) is 0. The third-order valence-corrected chi connectivity index (χ3v) is 5.01. The Labute approximate surface area is 154 Å². The molecule has 0 spiro atoms. The minimum Gasteiger partial charge on any atom is -0.337 e. The van der Waals surface area contributed by atoms with Gasteiger partial charge in [-0.2, -0.15) is 5.10 Å². The molecular formula is C18H28N6O2. The van der Waals surface area contributed by atoms with Crippen molar-refractivity contribution in [1.82, 2.24) is 24.9 Å². The van der Waals surface area contributed by atoms with E-state index < -0.39 is 0 Å². The topological polar surface area (TPSA) is 83.7 Å². The van der Waals surface area contributed by atoms with Crippen LogP contribution in [-0.2, 0) is 21.5 Å². The van der Waals surface area contributed by atoms with E-state index in [2.05, 4.69) is 36.2 Å². The Morgan fingerprint density at radius 3 is 2.73 bits per heavy atom. The fourth-order valence-electron chi connectivity index (χ4n) is 3.40. The van der Waals surface area contributed by atoms with Gasteiger partial charge in [-0.1, -0.05) is 26.0 Å². The normalized spacial score (nSPS) is 21.8. The highest BCUT2D eigenvalue weighted by atomic mass is 16.2. The second-order valence-corrected chi connectivity index (χ2v) is 8.30. The zero-order valence-electron chi connectivity index (χ0n) is 16.1. The molecule has 142 valence electrons. The molecule has 2 amide bonds. The molecule has 0 N–H and O–H groups in total. The minimum absolute atomic E-state index is 0.0184. The Kier molecular flexibility index (Phi) is 5.11. The fraction of sp³-hybridized carbons (Fsp3) is 0.722. The van der Waals surface area contributed by atoms with Gasteiger partial charge >= 0.3 is 0 Å². The average molecular weight is 360 g/mol. The van der Waals surface area contributed by atoms with Gasteiger partial charge in [0.2, 0.25) is 5.91 Å². The first kappa shape index (κ1) is 18.5. The Morgan fingerprint density at radius 1 is 1.31 bits per heavy atom. The molecule has 3 rings (SSSR count). The van der Waals surface area contributed by atoms with Crippen molar-refractivity contribution in [3.8, 4) is 0 Å². The molecule has 3 heterocycles. The molecular weight excluding hydrogens is 332 g/mol. The van der Waals surface area contributed by atoms with Crippen molar-refractivity contribution in [1.29, 1.82) is 0 Å². The SMILES string of the molecule is CN1N=C(C(=O)N2CCC[C@H](Cn3cc(C(C)(C)C)nn3)C2)CCC1=O. The number of rotatable bonds is 3. The quantitative estimate of drug-likeness (QED) is 0.816. The van der Waals surface area contributed by atoms with Crippen molar-refractivity contribution in [2.24, 2.45) is 11.0 Å². The lowest BCUT2D eigenvalue weighted by atomic mass is 9.93. The molecule has 1 atom stereocenters. The van der Waals surface area contributed by atoms with Gasteiger partial charge in [0, 0.05) is 51.1 Å². The van der Waals surface area contributed by atoms with E-state index in [1.54, 1.807) is 7.05 Å². The maximum absolute atomic E-state index is 12.8. The van der Waals surface area contributed by atoms with E-state index in [-0.39, 0.29) is 17.2 Å². The maximum Gasteiger partial charge on any atom is 0.270 e. The molecule has 2 aliphatic heterocycles. The van der Waals surface area contributed by atoms with Crippen LogP contribution in [-0.4, -0.2) is 62.6 Å². The van der Waals surface area contributed by atoms with Crippen LogP contribution in [0.5, 0.6) is 0 Å². The zero-order valence-corrected chi connectivity index (χ0v) is 16.1. The maximum atomic E-state index is 12.8. The van der Waals surface area contributed by atoms with Crippen LogP contribution in [0, 0.1) is 5.92 Å². The number of likely N-dealkylation sites (tertiary alicyclic amines) is 1. The van der Waals surface area contributed by atoms with Crippen LogP contribution in [0.4, 0.5) is 0 Å². The number of hydrazone groups is 1. The van der Waals surface area contributed by atoms with Gasteiger partial charge in [-0.05, 0) is 18.8 Å². The van der Waals surface area contributed by atoms with Crippen molar-refractivity contribution in [2.75, 3.05) is 20.1 Å². The molecule has 0 saturated carbocycles. The average Bonchev–Trinajstić information content (AvgIpc) is 3.06. The predicted molar refractivity (Wildman–Crippen MR) is 97.5 cm³/mol. The summed E-state index contributed by atoms with van der Waals surface area (Å²) in [7, 11) is 1.60. The van der Waals surface area contributed by atoms with E-state index in [0.29, 0.717) is 31.0 Å². The minimum atomic E-state index is -0.0427. The highest BCUT2D eigenvalue weighted by molar-refractivity contribution is 6.39. The number of piperidine rings is 1. The summed E-state index contributed by atoms with van der Waals surface area (Å²) in [6.45, 7) is 8.56. The molecule has 0 radical (unpaired) electrons. The second kappa shape index (κ2) is 7.17. The van der Waals surface area contributed by atoms with Gasteiger partial charge in [0.25, 0.3) is 5.91 Å². The molecule has 1 fully saturated rings. The summed E-state index contributed by atoms with van der Waals surface area (Å²) in [6.07, 6.45) is 4.83. The molecule has 26 heavy (non-hydrogen) atoms. The number of nitrogens with zero attached hydrogens (tertiary/aromatic N) is 6. The molecule has 1 saturated heterocycles. The van der Waals surface area contributed by atoms with E-state index in [1.165, 1.54) is 5.01 Å². The fourth-order valence-corrected chi connectivity index (χ4v) is 3.40. The molecule has 1 aromatic rings. The van der Waals surface area contributed by atoms with E-state index in [4.69, 9.17) is 0 Å². The van der Waals surface area contributed by atoms with Gasteiger partial charge in [0.15, 0.2) is 0 Å². The van der Waals surface area contributed by atoms with Crippen LogP contribution in [0.25, 0.3) is 0 Å². The van der Waals surface area contributed by atoms with Crippen molar-refractivity contribution >= 4 is 17.5 Å². The van der Waals surface area contributed by atoms with Gasteiger partial charge in [-0.15, -0.1) is 5.10 Å². The van der Waals surface area contributed by atoms with Crippen LogP contribution in [0.3, 0.4) is 0 Å². The molecule has 0 unspecified atom stereocenters. The first-order chi connectivity index (χ1) is 12.2. The Bertz CT molecular complexity index is 718. The number of amides is 2. The molecule has 0 aromatic carbocycles. The van der Waals surface area contributed by atoms with Gasteiger partial charge < -0.3 is 4.90 Å². The smallest absolute Gasteiger partial charge is 0.270 e. The first-order valence-corrected chi connectivity index (χ1v) is 9.28. The van der Waals surface area contributed by atoms with E-state index in [1.807, 2.05) is 15.8 Å². The van der Waals surface area contributed by atoms with E-state index in [0.717, 1.165) is 31.6 Å². The molecule has 8 heteroatoms. The third-order valence-electron chi connectivity index (χ3n) is 5.01. The zero-order chi connectivity index (χ0) is 18.9. The first-order valence-electron chi connectivity index (χ1n) is 9.28. The number of hydrogen-bond donors (Lipinski definition) is 0. The summed E-state index contributed by atoms with van der Waals surface area (Å²) < 4.78 is 1.89. The van der Waals surface area contributed by atoms with E-state index >= 15 is 0 Å². The Morgan fingerprint density at radius 2 is 2.08 bits per heavy atom. The lowest BCUT2D eigenvalue weighted by Gasteiger charge is -2.33. The van der Waals surface area contributed by atoms with Crippen LogP contribution in [0.1, 0.15) is 52.1 Å². The molecule has 0 bridgehead atoms. The van der Waals surface area contributed by atoms with Crippen molar-refractivity contribution < 1.29 is 9.59 Å². The van der Waals surface area contributed by atoms with Crippen molar-refractivity contribution in [3.63, 3.8) is 0 Å². The van der Waals surface area contributed by atoms with Crippen LogP contribution in [0.2, 0.25) is 0 Å². The summed E-state index contributed by atoms with van der Waals surface area (Å²) >= 11 is 0. The van der Waals surface area contributed by atoms with Gasteiger partial charge in [0.05, 0.1) is 5.69 Å². The summed E-state index contributed by atoms with van der Waals surface area (Å²) in [5.74, 6) is 0.271. The van der Waals surface area contributed by atoms with Gasteiger partial charge in [0.1, 0.15) is 5.71 Å². The van der Waals surface area contributed by atoms with E-state index in [9.17, 15) is 9.59 Å².